The predicted molar refractivity (Wildman–Crippen MR) is 105 cm³/mol. The van der Waals surface area contributed by atoms with E-state index in [2.05, 4.69) is 62.4 Å². The van der Waals surface area contributed by atoms with Crippen molar-refractivity contribution in [2.24, 2.45) is 0 Å². The second-order valence-corrected chi connectivity index (χ2v) is 7.13. The highest BCUT2D eigenvalue weighted by atomic mass is 16.5. The Morgan fingerprint density at radius 2 is 1.54 bits per heavy atom. The van der Waals surface area contributed by atoms with Gasteiger partial charge in [-0.2, -0.15) is 0 Å². The number of aryl methyl sites for hydroxylation is 2. The molecule has 1 aliphatic rings. The van der Waals surface area contributed by atoms with Crippen LogP contribution in [0.1, 0.15) is 39.7 Å². The van der Waals surface area contributed by atoms with Crippen LogP contribution in [0.5, 0.6) is 11.5 Å². The van der Waals surface area contributed by atoms with E-state index < -0.39 is 0 Å². The highest BCUT2D eigenvalue weighted by molar-refractivity contribution is 5.49. The maximum absolute atomic E-state index is 6.14. The van der Waals surface area contributed by atoms with E-state index in [1.807, 2.05) is 18.2 Å². The number of hydrogen-bond donors (Lipinski definition) is 0. The van der Waals surface area contributed by atoms with Crippen LogP contribution in [0.2, 0.25) is 0 Å². The van der Waals surface area contributed by atoms with Crippen LogP contribution in [-0.4, -0.2) is 13.7 Å². The molecule has 0 aliphatic carbocycles. The summed E-state index contributed by atoms with van der Waals surface area (Å²) in [6.07, 6.45) is 0. The number of benzene rings is 3. The van der Waals surface area contributed by atoms with Crippen molar-refractivity contribution in [3.8, 4) is 11.5 Å². The zero-order chi connectivity index (χ0) is 18.1. The molecule has 2 atom stereocenters. The lowest BCUT2D eigenvalue weighted by molar-refractivity contribution is 0.249. The monoisotopic (exact) mass is 344 g/mol. The van der Waals surface area contributed by atoms with Crippen molar-refractivity contribution in [1.29, 1.82) is 0 Å². The standard InChI is InChI=1S/C24H24O2/c1-16-12-17(2)14-19(13-16)22-15-26-23-7-5-4-6-21(23)24(22)18-8-10-20(25-3)11-9-18/h4-14,22,24H,15H2,1-3H3/t22-,24-/m1/s1. The fourth-order valence-corrected chi connectivity index (χ4v) is 4.10. The maximum atomic E-state index is 6.14. The zero-order valence-electron chi connectivity index (χ0n) is 15.5. The van der Waals surface area contributed by atoms with Gasteiger partial charge in [-0.05, 0) is 43.2 Å². The van der Waals surface area contributed by atoms with Crippen molar-refractivity contribution in [2.75, 3.05) is 13.7 Å². The predicted octanol–water partition coefficient (Wildman–Crippen LogP) is 5.62. The van der Waals surface area contributed by atoms with Crippen LogP contribution < -0.4 is 9.47 Å². The fourth-order valence-electron chi connectivity index (χ4n) is 4.10. The molecule has 3 aromatic carbocycles. The first-order valence-corrected chi connectivity index (χ1v) is 9.09. The Labute approximate surface area is 155 Å². The van der Waals surface area contributed by atoms with Crippen LogP contribution >= 0.6 is 0 Å². The van der Waals surface area contributed by atoms with Gasteiger partial charge >= 0.3 is 0 Å². The third-order valence-corrected chi connectivity index (χ3v) is 5.22. The average Bonchev–Trinajstić information content (AvgIpc) is 2.66. The molecular weight excluding hydrogens is 320 g/mol. The van der Waals surface area contributed by atoms with E-state index in [0.717, 1.165) is 11.5 Å². The number of hydrogen-bond acceptors (Lipinski definition) is 2. The first kappa shape index (κ1) is 16.7. The Morgan fingerprint density at radius 3 is 2.23 bits per heavy atom. The summed E-state index contributed by atoms with van der Waals surface area (Å²) in [7, 11) is 1.71. The summed E-state index contributed by atoms with van der Waals surface area (Å²) in [6, 6.07) is 23.7. The number of fused-ring (bicyclic) bond motifs is 1. The number of para-hydroxylation sites is 1. The molecule has 132 valence electrons. The van der Waals surface area contributed by atoms with Crippen LogP contribution in [0.3, 0.4) is 0 Å². The van der Waals surface area contributed by atoms with E-state index in [9.17, 15) is 0 Å². The SMILES string of the molecule is COc1ccc([C@@H]2c3ccccc3OC[C@@H]2c2cc(C)cc(C)c2)cc1. The molecule has 2 heteroatoms. The van der Waals surface area contributed by atoms with E-state index in [0.29, 0.717) is 6.61 Å². The van der Waals surface area contributed by atoms with Crippen molar-refractivity contribution < 1.29 is 9.47 Å². The largest absolute Gasteiger partial charge is 0.497 e. The summed E-state index contributed by atoms with van der Waals surface area (Å²) in [5, 5.41) is 0. The van der Waals surface area contributed by atoms with Gasteiger partial charge in [0.05, 0.1) is 13.7 Å². The quantitative estimate of drug-likeness (QED) is 0.614. The van der Waals surface area contributed by atoms with Crippen LogP contribution in [0.4, 0.5) is 0 Å². The second-order valence-electron chi connectivity index (χ2n) is 7.13. The smallest absolute Gasteiger partial charge is 0.123 e. The highest BCUT2D eigenvalue weighted by Gasteiger charge is 2.33. The normalized spacial score (nSPS) is 18.7. The summed E-state index contributed by atoms with van der Waals surface area (Å²) in [5.41, 5.74) is 6.50. The number of rotatable bonds is 3. The zero-order valence-corrected chi connectivity index (χ0v) is 15.5. The van der Waals surface area contributed by atoms with E-state index >= 15 is 0 Å². The molecule has 0 aromatic heterocycles. The lowest BCUT2D eigenvalue weighted by Crippen LogP contribution is -2.25. The minimum absolute atomic E-state index is 0.270. The Balaban J connectivity index is 1.84. The summed E-state index contributed by atoms with van der Waals surface area (Å²) in [5.74, 6) is 2.44. The van der Waals surface area contributed by atoms with Crippen molar-refractivity contribution in [2.45, 2.75) is 25.7 Å². The number of ether oxygens (including phenoxy) is 2. The minimum atomic E-state index is 0.270. The molecule has 2 nitrogen and oxygen atoms in total. The van der Waals surface area contributed by atoms with E-state index in [1.54, 1.807) is 7.11 Å². The molecule has 0 N–H and O–H groups in total. The molecule has 0 unspecified atom stereocenters. The third kappa shape index (κ3) is 3.08. The molecule has 0 saturated carbocycles. The summed E-state index contributed by atoms with van der Waals surface area (Å²) >= 11 is 0. The molecule has 1 heterocycles. The molecule has 3 aromatic rings. The maximum Gasteiger partial charge on any atom is 0.123 e. The first-order valence-electron chi connectivity index (χ1n) is 9.09. The van der Waals surface area contributed by atoms with Crippen LogP contribution in [-0.2, 0) is 0 Å². The van der Waals surface area contributed by atoms with Gasteiger partial charge in [0.25, 0.3) is 0 Å². The Bertz CT molecular complexity index is 891. The van der Waals surface area contributed by atoms with Gasteiger partial charge in [-0.1, -0.05) is 59.7 Å². The fraction of sp³-hybridized carbons (Fsp3) is 0.250. The van der Waals surface area contributed by atoms with Gasteiger partial charge in [0.2, 0.25) is 0 Å². The van der Waals surface area contributed by atoms with E-state index in [1.165, 1.54) is 27.8 Å². The molecule has 1 aliphatic heterocycles. The van der Waals surface area contributed by atoms with Crippen LogP contribution in [0.15, 0.2) is 66.7 Å². The van der Waals surface area contributed by atoms with Crippen molar-refractivity contribution in [1.82, 2.24) is 0 Å². The summed E-state index contributed by atoms with van der Waals surface area (Å²) < 4.78 is 11.5. The Hall–Kier alpha value is -2.74. The molecule has 0 radical (unpaired) electrons. The molecule has 26 heavy (non-hydrogen) atoms. The van der Waals surface area contributed by atoms with Gasteiger partial charge in [-0.15, -0.1) is 0 Å². The summed E-state index contributed by atoms with van der Waals surface area (Å²) in [6.45, 7) is 5.02. The molecule has 4 rings (SSSR count). The van der Waals surface area contributed by atoms with Gasteiger partial charge < -0.3 is 9.47 Å². The van der Waals surface area contributed by atoms with Crippen molar-refractivity contribution >= 4 is 0 Å². The Kier molecular flexibility index (Phi) is 4.42. The molecule has 0 spiro atoms. The van der Waals surface area contributed by atoms with Gasteiger partial charge in [-0.25, -0.2) is 0 Å². The van der Waals surface area contributed by atoms with Crippen LogP contribution in [0.25, 0.3) is 0 Å². The van der Waals surface area contributed by atoms with Gasteiger partial charge in [0, 0.05) is 17.4 Å². The average molecular weight is 344 g/mol. The minimum Gasteiger partial charge on any atom is -0.497 e. The summed E-state index contributed by atoms with van der Waals surface area (Å²) in [4.78, 5) is 0. The topological polar surface area (TPSA) is 18.5 Å². The molecule has 0 fully saturated rings. The lowest BCUT2D eigenvalue weighted by Gasteiger charge is -2.35. The van der Waals surface area contributed by atoms with Crippen molar-refractivity contribution in [3.05, 3.63) is 94.5 Å². The second kappa shape index (κ2) is 6.87. The molecular formula is C24H24O2. The van der Waals surface area contributed by atoms with Crippen molar-refractivity contribution in [3.63, 3.8) is 0 Å². The first-order chi connectivity index (χ1) is 12.7. The highest BCUT2D eigenvalue weighted by Crippen LogP contribution is 2.46. The molecule has 0 saturated heterocycles. The Morgan fingerprint density at radius 1 is 0.846 bits per heavy atom. The lowest BCUT2D eigenvalue weighted by atomic mass is 9.75. The van der Waals surface area contributed by atoms with Gasteiger partial charge in [-0.3, -0.25) is 0 Å². The van der Waals surface area contributed by atoms with E-state index in [4.69, 9.17) is 9.47 Å². The number of methoxy groups -OCH3 is 1. The van der Waals surface area contributed by atoms with Gasteiger partial charge in [0.1, 0.15) is 11.5 Å². The molecule has 0 bridgehead atoms. The third-order valence-electron chi connectivity index (χ3n) is 5.22. The van der Waals surface area contributed by atoms with E-state index in [-0.39, 0.29) is 11.8 Å². The van der Waals surface area contributed by atoms with Gasteiger partial charge in [0.15, 0.2) is 0 Å². The molecule has 0 amide bonds. The van der Waals surface area contributed by atoms with Crippen LogP contribution in [0, 0.1) is 13.8 Å².